The van der Waals surface area contributed by atoms with E-state index in [4.69, 9.17) is 0 Å². The van der Waals surface area contributed by atoms with E-state index < -0.39 is 0 Å². The number of nitrogens with one attached hydrogen (secondary N) is 1. The van der Waals surface area contributed by atoms with Gasteiger partial charge in [-0.15, -0.1) is 0 Å². The van der Waals surface area contributed by atoms with Crippen LogP contribution in [0.5, 0.6) is 0 Å². The highest BCUT2D eigenvalue weighted by molar-refractivity contribution is 5.74. The van der Waals surface area contributed by atoms with Crippen LogP contribution >= 0.6 is 0 Å². The Morgan fingerprint density at radius 2 is 1.81 bits per heavy atom. The van der Waals surface area contributed by atoms with Crippen molar-refractivity contribution < 1.29 is 4.39 Å². The van der Waals surface area contributed by atoms with Gasteiger partial charge in [-0.2, -0.15) is 0 Å². The van der Waals surface area contributed by atoms with Gasteiger partial charge >= 0.3 is 0 Å². The van der Waals surface area contributed by atoms with Crippen LogP contribution in [0.15, 0.2) is 18.2 Å². The second-order valence-corrected chi connectivity index (χ2v) is 2.70. The number of hydrogen-bond acceptors (Lipinski definition) is 1. The Labute approximate surface area is 96.9 Å². The summed E-state index contributed by atoms with van der Waals surface area (Å²) in [5.74, 6) is 0.671. The average Bonchev–Trinajstić information content (AvgIpc) is 2.76. The molecule has 1 aromatic carbocycles. The summed E-state index contributed by atoms with van der Waals surface area (Å²) in [4.78, 5) is 7.29. The molecule has 3 heteroatoms. The number of nitrogens with zero attached hydrogens (tertiary/aromatic N) is 1. The van der Waals surface area contributed by atoms with Crippen molar-refractivity contribution in [3.63, 3.8) is 0 Å². The maximum atomic E-state index is 12.7. The molecule has 2 aromatic rings. The van der Waals surface area contributed by atoms with Crippen LogP contribution in [-0.4, -0.2) is 9.97 Å². The fourth-order valence-electron chi connectivity index (χ4n) is 1.20. The molecule has 0 amide bonds. The normalized spacial score (nSPS) is 8.88. The highest BCUT2D eigenvalue weighted by atomic mass is 19.1. The molecule has 2 nitrogen and oxygen atoms in total. The highest BCUT2D eigenvalue weighted by Crippen LogP contribution is 2.12. The monoisotopic (exact) mass is 224 g/mol. The summed E-state index contributed by atoms with van der Waals surface area (Å²) in [5, 5.41) is 0. The highest BCUT2D eigenvalue weighted by Gasteiger charge is 2.00. The summed E-state index contributed by atoms with van der Waals surface area (Å²) >= 11 is 0. The maximum Gasteiger partial charge on any atom is 0.125 e. The molecule has 90 valence electrons. The van der Waals surface area contributed by atoms with Crippen LogP contribution in [0, 0.1) is 5.82 Å². The summed E-state index contributed by atoms with van der Waals surface area (Å²) < 4.78 is 12.7. The van der Waals surface area contributed by atoms with Gasteiger partial charge in [0, 0.05) is 6.42 Å². The number of imidazole rings is 1. The van der Waals surface area contributed by atoms with Gasteiger partial charge in [0.1, 0.15) is 11.6 Å². The van der Waals surface area contributed by atoms with E-state index in [9.17, 15) is 4.39 Å². The molecule has 0 aliphatic rings. The van der Waals surface area contributed by atoms with Crippen molar-refractivity contribution in [3.8, 4) is 0 Å². The van der Waals surface area contributed by atoms with Gasteiger partial charge in [0.15, 0.2) is 0 Å². The summed E-state index contributed by atoms with van der Waals surface area (Å²) in [5.41, 5.74) is 1.60. The van der Waals surface area contributed by atoms with Crippen LogP contribution in [0.4, 0.5) is 4.39 Å². The average molecular weight is 224 g/mol. The van der Waals surface area contributed by atoms with E-state index in [0.29, 0.717) is 0 Å². The molecule has 0 radical (unpaired) electrons. The first-order valence-electron chi connectivity index (χ1n) is 5.93. The molecule has 2 rings (SSSR count). The lowest BCUT2D eigenvalue weighted by Gasteiger charge is -1.86. The fourth-order valence-corrected chi connectivity index (χ4v) is 1.20. The molecule has 16 heavy (non-hydrogen) atoms. The number of aromatic amines is 1. The van der Waals surface area contributed by atoms with E-state index in [1.165, 1.54) is 12.1 Å². The van der Waals surface area contributed by atoms with Crippen LogP contribution in [0.3, 0.4) is 0 Å². The van der Waals surface area contributed by atoms with Crippen LogP contribution in [-0.2, 0) is 6.42 Å². The summed E-state index contributed by atoms with van der Waals surface area (Å²) in [6, 6.07) is 4.56. The van der Waals surface area contributed by atoms with Crippen LogP contribution in [0.25, 0.3) is 11.0 Å². The number of H-pyrrole nitrogens is 1. The van der Waals surface area contributed by atoms with Gasteiger partial charge in [0.25, 0.3) is 0 Å². The zero-order chi connectivity index (χ0) is 12.6. The molecule has 0 unspecified atom stereocenters. The lowest BCUT2D eigenvalue weighted by molar-refractivity contribution is 0.629. The number of aryl methyl sites for hydroxylation is 1. The standard InChI is InChI=1S/C9H9FN2.2C2H6/c1-2-9-11-7-4-3-6(10)5-8(7)12-9;2*1-2/h3-5H,2H2,1H3,(H,11,12);2*1-2H3. The zero-order valence-corrected chi connectivity index (χ0v) is 10.8. The topological polar surface area (TPSA) is 28.7 Å². The summed E-state index contributed by atoms with van der Waals surface area (Å²) in [6.45, 7) is 10.0. The lowest BCUT2D eigenvalue weighted by atomic mass is 10.3. The molecule has 0 saturated carbocycles. The number of benzene rings is 1. The SMILES string of the molecule is CC.CC.CCc1nc2ccc(F)cc2[nH]1. The fraction of sp³-hybridized carbons (Fsp3) is 0.462. The summed E-state index contributed by atoms with van der Waals surface area (Å²) in [6.07, 6.45) is 0.844. The molecule has 0 bridgehead atoms. The van der Waals surface area contributed by atoms with E-state index >= 15 is 0 Å². The van der Waals surface area contributed by atoms with Gasteiger partial charge in [-0.3, -0.25) is 0 Å². The molecular weight excluding hydrogens is 203 g/mol. The van der Waals surface area contributed by atoms with Crippen LogP contribution in [0.1, 0.15) is 40.4 Å². The van der Waals surface area contributed by atoms with E-state index in [2.05, 4.69) is 9.97 Å². The van der Waals surface area contributed by atoms with Gasteiger partial charge in [-0.05, 0) is 18.2 Å². The molecule has 0 atom stereocenters. The third-order valence-electron chi connectivity index (χ3n) is 1.83. The predicted octanol–water partition coefficient (Wildman–Crippen LogP) is 4.32. The molecule has 0 aliphatic carbocycles. The Hall–Kier alpha value is -1.38. The van der Waals surface area contributed by atoms with Crippen molar-refractivity contribution >= 4 is 11.0 Å². The van der Waals surface area contributed by atoms with Gasteiger partial charge in [0.05, 0.1) is 11.0 Å². The maximum absolute atomic E-state index is 12.7. The predicted molar refractivity (Wildman–Crippen MR) is 68.1 cm³/mol. The molecule has 1 aromatic heterocycles. The van der Waals surface area contributed by atoms with Gasteiger partial charge in [-0.25, -0.2) is 9.37 Å². The smallest absolute Gasteiger partial charge is 0.125 e. The second kappa shape index (κ2) is 7.85. The van der Waals surface area contributed by atoms with E-state index in [1.807, 2.05) is 34.6 Å². The minimum absolute atomic E-state index is 0.228. The molecule has 0 aliphatic heterocycles. The number of aromatic nitrogens is 2. The van der Waals surface area contributed by atoms with Gasteiger partial charge < -0.3 is 4.98 Å². The Morgan fingerprint density at radius 1 is 1.19 bits per heavy atom. The first kappa shape index (κ1) is 14.6. The van der Waals surface area contributed by atoms with Crippen molar-refractivity contribution in [2.24, 2.45) is 0 Å². The van der Waals surface area contributed by atoms with E-state index in [0.717, 1.165) is 23.3 Å². The number of rotatable bonds is 1. The molecular formula is C13H21FN2. The number of fused-ring (bicyclic) bond motifs is 1. The largest absolute Gasteiger partial charge is 0.342 e. The van der Waals surface area contributed by atoms with Crippen molar-refractivity contribution in [3.05, 3.63) is 29.8 Å². The molecule has 0 saturated heterocycles. The lowest BCUT2D eigenvalue weighted by Crippen LogP contribution is -1.79. The molecule has 0 fully saturated rings. The minimum atomic E-state index is -0.228. The third-order valence-corrected chi connectivity index (χ3v) is 1.83. The molecule has 1 heterocycles. The first-order valence-corrected chi connectivity index (χ1v) is 5.93. The number of hydrogen-bond donors (Lipinski definition) is 1. The quantitative estimate of drug-likeness (QED) is 0.768. The zero-order valence-electron chi connectivity index (χ0n) is 10.8. The molecule has 1 N–H and O–H groups in total. The summed E-state index contributed by atoms with van der Waals surface area (Å²) in [7, 11) is 0. The first-order chi connectivity index (χ1) is 7.79. The van der Waals surface area contributed by atoms with Crippen molar-refractivity contribution in [1.82, 2.24) is 9.97 Å². The Bertz CT molecular complexity index is 407. The second-order valence-electron chi connectivity index (χ2n) is 2.70. The van der Waals surface area contributed by atoms with Crippen molar-refractivity contribution in [2.45, 2.75) is 41.0 Å². The van der Waals surface area contributed by atoms with Crippen molar-refractivity contribution in [1.29, 1.82) is 0 Å². The van der Waals surface area contributed by atoms with E-state index in [-0.39, 0.29) is 5.82 Å². The Balaban J connectivity index is 0.000000509. The minimum Gasteiger partial charge on any atom is -0.342 e. The Morgan fingerprint density at radius 3 is 2.38 bits per heavy atom. The van der Waals surface area contributed by atoms with E-state index in [1.54, 1.807) is 6.07 Å². The third kappa shape index (κ3) is 3.65. The van der Waals surface area contributed by atoms with Gasteiger partial charge in [0.2, 0.25) is 0 Å². The van der Waals surface area contributed by atoms with Crippen LogP contribution in [0.2, 0.25) is 0 Å². The number of halogens is 1. The Kier molecular flexibility index (Phi) is 7.18. The van der Waals surface area contributed by atoms with Gasteiger partial charge in [-0.1, -0.05) is 34.6 Å². The molecule has 0 spiro atoms. The van der Waals surface area contributed by atoms with Crippen LogP contribution < -0.4 is 0 Å². The van der Waals surface area contributed by atoms with Crippen molar-refractivity contribution in [2.75, 3.05) is 0 Å².